The summed E-state index contributed by atoms with van der Waals surface area (Å²) in [5, 5.41) is 0. The zero-order valence-electron chi connectivity index (χ0n) is 15.0. The second-order valence-electron chi connectivity index (χ2n) is 6.69. The fourth-order valence-electron chi connectivity index (χ4n) is 3.70. The van der Waals surface area contributed by atoms with Gasteiger partial charge in [0, 0.05) is 25.7 Å². The van der Waals surface area contributed by atoms with E-state index in [2.05, 4.69) is 0 Å². The highest BCUT2D eigenvalue weighted by molar-refractivity contribution is 7.89. The van der Waals surface area contributed by atoms with E-state index in [-0.39, 0.29) is 29.6 Å². The zero-order valence-corrected chi connectivity index (χ0v) is 15.8. The normalized spacial score (nSPS) is 19.6. The van der Waals surface area contributed by atoms with E-state index in [4.69, 9.17) is 4.74 Å². The van der Waals surface area contributed by atoms with Gasteiger partial charge >= 0.3 is 0 Å². The summed E-state index contributed by atoms with van der Waals surface area (Å²) < 4.78 is 46.4. The van der Waals surface area contributed by atoms with Gasteiger partial charge in [-0.15, -0.1) is 0 Å². The summed E-state index contributed by atoms with van der Waals surface area (Å²) in [5.41, 5.74) is -0.173. The van der Waals surface area contributed by atoms with Gasteiger partial charge in [0.2, 0.25) is 10.0 Å². The molecule has 1 aromatic rings. The standard InChI is InChI=1S/C18H25FN2O4S/c1-2-21(14-5-3-4-6-14)18(22)16-13-15(7-8-17(16)19)26(23,24)20-9-11-25-12-10-20/h7-8,13-14H,2-6,9-12H2,1H3. The van der Waals surface area contributed by atoms with Gasteiger partial charge in [0.15, 0.2) is 0 Å². The smallest absolute Gasteiger partial charge is 0.257 e. The predicted molar refractivity (Wildman–Crippen MR) is 94.9 cm³/mol. The van der Waals surface area contributed by atoms with Gasteiger partial charge in [-0.25, -0.2) is 12.8 Å². The Kier molecular flexibility index (Phi) is 5.94. The van der Waals surface area contributed by atoms with Crippen molar-refractivity contribution in [3.8, 4) is 0 Å². The molecule has 1 aromatic carbocycles. The molecule has 0 atom stereocenters. The average Bonchev–Trinajstić information content (AvgIpc) is 3.17. The summed E-state index contributed by atoms with van der Waals surface area (Å²) in [6.07, 6.45) is 3.94. The Morgan fingerprint density at radius 2 is 1.92 bits per heavy atom. The molecule has 2 aliphatic rings. The van der Waals surface area contributed by atoms with Crippen LogP contribution in [0.25, 0.3) is 0 Å². The Balaban J connectivity index is 1.90. The Bertz CT molecular complexity index is 756. The SMILES string of the molecule is CCN(C(=O)c1cc(S(=O)(=O)N2CCOCC2)ccc1F)C1CCCC1. The van der Waals surface area contributed by atoms with Crippen molar-refractivity contribution in [3.05, 3.63) is 29.6 Å². The average molecular weight is 384 g/mol. The molecule has 1 amide bonds. The van der Waals surface area contributed by atoms with Crippen LogP contribution in [0, 0.1) is 5.82 Å². The largest absolute Gasteiger partial charge is 0.379 e. The van der Waals surface area contributed by atoms with Crippen LogP contribution in [-0.2, 0) is 14.8 Å². The summed E-state index contributed by atoms with van der Waals surface area (Å²) in [6.45, 7) is 3.51. The van der Waals surface area contributed by atoms with Gasteiger partial charge in [-0.2, -0.15) is 4.31 Å². The Labute approximate surface area is 154 Å². The number of halogens is 1. The first-order valence-corrected chi connectivity index (χ1v) is 10.6. The van der Waals surface area contributed by atoms with Crippen molar-refractivity contribution >= 4 is 15.9 Å². The molecular formula is C18H25FN2O4S. The van der Waals surface area contributed by atoms with Gasteiger partial charge in [-0.3, -0.25) is 4.79 Å². The van der Waals surface area contributed by atoms with E-state index in [0.717, 1.165) is 31.7 Å². The number of hydrogen-bond acceptors (Lipinski definition) is 4. The maximum Gasteiger partial charge on any atom is 0.257 e. The van der Waals surface area contributed by atoms with E-state index in [1.54, 1.807) is 4.90 Å². The van der Waals surface area contributed by atoms with Gasteiger partial charge in [0.1, 0.15) is 5.82 Å². The molecule has 26 heavy (non-hydrogen) atoms. The molecule has 1 aliphatic heterocycles. The highest BCUT2D eigenvalue weighted by Gasteiger charge is 2.31. The van der Waals surface area contributed by atoms with Crippen molar-refractivity contribution in [2.24, 2.45) is 0 Å². The van der Waals surface area contributed by atoms with Gasteiger partial charge in [-0.05, 0) is 38.0 Å². The molecule has 0 aromatic heterocycles. The lowest BCUT2D eigenvalue weighted by Gasteiger charge is -2.28. The summed E-state index contributed by atoms with van der Waals surface area (Å²) in [6, 6.07) is 3.58. The number of nitrogens with zero attached hydrogens (tertiary/aromatic N) is 2. The number of amides is 1. The molecule has 0 N–H and O–H groups in total. The first kappa shape index (κ1) is 19.3. The molecule has 0 bridgehead atoms. The molecule has 3 rings (SSSR count). The number of carbonyl (C=O) groups excluding carboxylic acids is 1. The Hall–Kier alpha value is -1.51. The maximum absolute atomic E-state index is 14.4. The van der Waals surface area contributed by atoms with Gasteiger partial charge in [-0.1, -0.05) is 12.8 Å². The molecule has 0 unspecified atom stereocenters. The molecule has 6 nitrogen and oxygen atoms in total. The third-order valence-corrected chi connectivity index (χ3v) is 7.04. The Morgan fingerprint density at radius 3 is 2.54 bits per heavy atom. The van der Waals surface area contributed by atoms with E-state index < -0.39 is 21.7 Å². The second-order valence-corrected chi connectivity index (χ2v) is 8.63. The quantitative estimate of drug-likeness (QED) is 0.781. The molecule has 0 spiro atoms. The fraction of sp³-hybridized carbons (Fsp3) is 0.611. The summed E-state index contributed by atoms with van der Waals surface area (Å²) in [5.74, 6) is -1.12. The highest BCUT2D eigenvalue weighted by Crippen LogP contribution is 2.27. The topological polar surface area (TPSA) is 66.9 Å². The van der Waals surface area contributed by atoms with Crippen LogP contribution in [0.4, 0.5) is 4.39 Å². The third-order valence-electron chi connectivity index (χ3n) is 5.14. The summed E-state index contributed by atoms with van der Waals surface area (Å²) in [7, 11) is -3.77. The van der Waals surface area contributed by atoms with Crippen LogP contribution in [0.1, 0.15) is 43.0 Å². The van der Waals surface area contributed by atoms with Crippen molar-refractivity contribution in [1.29, 1.82) is 0 Å². The van der Waals surface area contributed by atoms with Crippen LogP contribution in [0.5, 0.6) is 0 Å². The van der Waals surface area contributed by atoms with Crippen LogP contribution in [-0.4, -0.2) is 62.4 Å². The monoisotopic (exact) mass is 384 g/mol. The summed E-state index contributed by atoms with van der Waals surface area (Å²) >= 11 is 0. The van der Waals surface area contributed by atoms with E-state index >= 15 is 0 Å². The van der Waals surface area contributed by atoms with Crippen LogP contribution in [0.3, 0.4) is 0 Å². The lowest BCUT2D eigenvalue weighted by Crippen LogP contribution is -2.41. The van der Waals surface area contributed by atoms with Gasteiger partial charge < -0.3 is 9.64 Å². The molecule has 1 saturated heterocycles. The third kappa shape index (κ3) is 3.77. The lowest BCUT2D eigenvalue weighted by molar-refractivity contribution is 0.0688. The fourth-order valence-corrected chi connectivity index (χ4v) is 5.14. The van der Waals surface area contributed by atoms with Crippen LogP contribution in [0.15, 0.2) is 23.1 Å². The van der Waals surface area contributed by atoms with Crippen molar-refractivity contribution in [1.82, 2.24) is 9.21 Å². The van der Waals surface area contributed by atoms with Crippen LogP contribution >= 0.6 is 0 Å². The maximum atomic E-state index is 14.4. The van der Waals surface area contributed by atoms with Gasteiger partial charge in [0.05, 0.1) is 23.7 Å². The Morgan fingerprint density at radius 1 is 1.27 bits per heavy atom. The minimum Gasteiger partial charge on any atom is -0.379 e. The minimum absolute atomic E-state index is 0.0494. The number of morpholine rings is 1. The van der Waals surface area contributed by atoms with E-state index in [1.807, 2.05) is 6.92 Å². The lowest BCUT2D eigenvalue weighted by atomic mass is 10.1. The molecule has 1 aliphatic carbocycles. The van der Waals surface area contributed by atoms with Crippen molar-refractivity contribution in [2.45, 2.75) is 43.5 Å². The van der Waals surface area contributed by atoms with Gasteiger partial charge in [0.25, 0.3) is 5.91 Å². The first-order valence-electron chi connectivity index (χ1n) is 9.13. The minimum atomic E-state index is -3.77. The first-order chi connectivity index (χ1) is 12.4. The van der Waals surface area contributed by atoms with E-state index in [9.17, 15) is 17.6 Å². The number of carbonyl (C=O) groups is 1. The molecule has 144 valence electrons. The number of ether oxygens (including phenoxy) is 1. The molecule has 2 fully saturated rings. The van der Waals surface area contributed by atoms with E-state index in [0.29, 0.717) is 19.8 Å². The number of sulfonamides is 1. The molecule has 1 heterocycles. The van der Waals surface area contributed by atoms with Crippen molar-refractivity contribution < 1.29 is 22.3 Å². The van der Waals surface area contributed by atoms with Crippen molar-refractivity contribution in [3.63, 3.8) is 0 Å². The van der Waals surface area contributed by atoms with Crippen LogP contribution in [0.2, 0.25) is 0 Å². The molecule has 0 radical (unpaired) electrons. The number of benzene rings is 1. The predicted octanol–water partition coefficient (Wildman–Crippen LogP) is 2.25. The van der Waals surface area contributed by atoms with E-state index in [1.165, 1.54) is 16.4 Å². The molecule has 1 saturated carbocycles. The molecular weight excluding hydrogens is 359 g/mol. The van der Waals surface area contributed by atoms with Crippen molar-refractivity contribution in [2.75, 3.05) is 32.8 Å². The number of hydrogen-bond donors (Lipinski definition) is 0. The summed E-state index contributed by atoms with van der Waals surface area (Å²) in [4.78, 5) is 14.5. The second kappa shape index (κ2) is 8.02. The number of rotatable bonds is 5. The molecule has 8 heteroatoms. The zero-order chi connectivity index (χ0) is 18.7. The van der Waals surface area contributed by atoms with Crippen LogP contribution < -0.4 is 0 Å². The highest BCUT2D eigenvalue weighted by atomic mass is 32.2.